The summed E-state index contributed by atoms with van der Waals surface area (Å²) >= 11 is 0. The Balaban J connectivity index is 2.47. The van der Waals surface area contributed by atoms with Crippen LogP contribution in [0.15, 0.2) is 24.3 Å². The summed E-state index contributed by atoms with van der Waals surface area (Å²) in [5, 5.41) is 10.7. The highest BCUT2D eigenvalue weighted by Crippen LogP contribution is 2.51. The van der Waals surface area contributed by atoms with Crippen molar-refractivity contribution >= 4 is 5.91 Å². The van der Waals surface area contributed by atoms with Crippen LogP contribution in [0.2, 0.25) is 0 Å². The zero-order chi connectivity index (χ0) is 13.7. The summed E-state index contributed by atoms with van der Waals surface area (Å²) in [6, 6.07) is 5.53. The van der Waals surface area contributed by atoms with E-state index in [4.69, 9.17) is 0 Å². The first kappa shape index (κ1) is 13.0. The summed E-state index contributed by atoms with van der Waals surface area (Å²) < 4.78 is 13.3. The summed E-state index contributed by atoms with van der Waals surface area (Å²) in [6.45, 7) is 5.43. The highest BCUT2D eigenvalue weighted by Gasteiger charge is 2.64. The molecule has 1 aromatic carbocycles. The van der Waals surface area contributed by atoms with E-state index < -0.39 is 17.1 Å². The van der Waals surface area contributed by atoms with Crippen LogP contribution in [-0.4, -0.2) is 28.6 Å². The van der Waals surface area contributed by atoms with E-state index >= 15 is 0 Å². The second-order valence-corrected chi connectivity index (χ2v) is 5.89. The third-order valence-electron chi connectivity index (χ3n) is 3.74. The highest BCUT2D eigenvalue weighted by atomic mass is 19.1. The number of benzene rings is 1. The zero-order valence-corrected chi connectivity index (χ0v) is 11.1. The summed E-state index contributed by atoms with van der Waals surface area (Å²) in [5.74, 6) is -0.680. The molecule has 3 nitrogen and oxygen atoms in total. The van der Waals surface area contributed by atoms with Crippen LogP contribution in [0, 0.1) is 11.2 Å². The topological polar surface area (TPSA) is 40.5 Å². The molecule has 4 heteroatoms. The molecule has 1 heterocycles. The van der Waals surface area contributed by atoms with E-state index in [2.05, 4.69) is 0 Å². The van der Waals surface area contributed by atoms with E-state index in [1.165, 1.54) is 17.0 Å². The molecule has 1 amide bonds. The van der Waals surface area contributed by atoms with Gasteiger partial charge in [-0.05, 0) is 17.7 Å². The van der Waals surface area contributed by atoms with Crippen LogP contribution in [-0.2, 0) is 4.79 Å². The molecule has 2 unspecified atom stereocenters. The third kappa shape index (κ3) is 1.56. The molecular weight excluding hydrogens is 233 g/mol. The van der Waals surface area contributed by atoms with E-state index in [1.54, 1.807) is 19.2 Å². The lowest BCUT2D eigenvalue weighted by Gasteiger charge is -2.57. The number of carbonyl (C=O) groups is 1. The van der Waals surface area contributed by atoms with Gasteiger partial charge in [0.15, 0.2) is 5.60 Å². The number of β-lactam (4-membered cyclic amide) rings is 1. The van der Waals surface area contributed by atoms with Crippen molar-refractivity contribution in [1.82, 2.24) is 4.90 Å². The molecule has 1 saturated heterocycles. The summed E-state index contributed by atoms with van der Waals surface area (Å²) in [6.07, 6.45) is 0. The van der Waals surface area contributed by atoms with Gasteiger partial charge in [-0.2, -0.15) is 0 Å². The van der Waals surface area contributed by atoms with Crippen LogP contribution >= 0.6 is 0 Å². The first-order chi connectivity index (χ1) is 8.19. The fourth-order valence-corrected chi connectivity index (χ4v) is 2.59. The van der Waals surface area contributed by atoms with Crippen molar-refractivity contribution in [3.63, 3.8) is 0 Å². The number of halogens is 1. The van der Waals surface area contributed by atoms with Crippen LogP contribution in [0.5, 0.6) is 0 Å². The van der Waals surface area contributed by atoms with Gasteiger partial charge in [0.05, 0.1) is 6.04 Å². The molecule has 2 atom stereocenters. The van der Waals surface area contributed by atoms with E-state index in [-0.39, 0.29) is 11.7 Å². The van der Waals surface area contributed by atoms with Gasteiger partial charge < -0.3 is 10.0 Å². The van der Waals surface area contributed by atoms with Crippen molar-refractivity contribution in [3.8, 4) is 0 Å². The molecule has 0 aliphatic carbocycles. The largest absolute Gasteiger partial charge is 0.377 e. The van der Waals surface area contributed by atoms with E-state index in [0.717, 1.165) is 0 Å². The molecule has 1 aliphatic heterocycles. The lowest BCUT2D eigenvalue weighted by Crippen LogP contribution is -2.72. The number of likely N-dealkylation sites (tertiary alicyclic amines) is 1. The Morgan fingerprint density at radius 2 is 2.00 bits per heavy atom. The molecule has 0 bridgehead atoms. The molecule has 1 fully saturated rings. The summed E-state index contributed by atoms with van der Waals surface area (Å²) in [7, 11) is 1.62. The highest BCUT2D eigenvalue weighted by molar-refractivity contribution is 5.93. The monoisotopic (exact) mass is 251 g/mol. The van der Waals surface area contributed by atoms with Gasteiger partial charge in [0.25, 0.3) is 5.91 Å². The van der Waals surface area contributed by atoms with Crippen molar-refractivity contribution in [2.45, 2.75) is 32.4 Å². The average molecular weight is 251 g/mol. The number of likely N-dealkylation sites (N-methyl/N-ethyl adjacent to an activating group) is 1. The fraction of sp³-hybridized carbons (Fsp3) is 0.500. The van der Waals surface area contributed by atoms with Crippen LogP contribution < -0.4 is 0 Å². The van der Waals surface area contributed by atoms with Gasteiger partial charge in [-0.25, -0.2) is 4.39 Å². The Labute approximate surface area is 106 Å². The van der Waals surface area contributed by atoms with Gasteiger partial charge in [-0.1, -0.05) is 32.9 Å². The number of rotatable bonds is 1. The van der Waals surface area contributed by atoms with E-state index in [1.807, 2.05) is 20.8 Å². The molecule has 0 radical (unpaired) electrons. The van der Waals surface area contributed by atoms with E-state index in [0.29, 0.717) is 5.56 Å². The van der Waals surface area contributed by atoms with Crippen LogP contribution in [0.4, 0.5) is 4.39 Å². The maximum Gasteiger partial charge on any atom is 0.257 e. The molecule has 0 saturated carbocycles. The van der Waals surface area contributed by atoms with Gasteiger partial charge in [0.1, 0.15) is 5.82 Å². The molecule has 18 heavy (non-hydrogen) atoms. The maximum absolute atomic E-state index is 13.3. The SMILES string of the molecule is CN1C(=O)C(O)(C(C)(C)C)C1c1cccc(F)c1. The first-order valence-corrected chi connectivity index (χ1v) is 5.94. The normalized spacial score (nSPS) is 28.2. The number of aliphatic hydroxyl groups is 1. The number of amides is 1. The van der Waals surface area contributed by atoms with Crippen LogP contribution in [0.3, 0.4) is 0 Å². The number of nitrogens with zero attached hydrogens (tertiary/aromatic N) is 1. The zero-order valence-electron chi connectivity index (χ0n) is 11.1. The molecule has 0 aromatic heterocycles. The Bertz CT molecular complexity index is 495. The minimum atomic E-state index is -1.48. The van der Waals surface area contributed by atoms with Crippen molar-refractivity contribution in [1.29, 1.82) is 0 Å². The van der Waals surface area contributed by atoms with Crippen LogP contribution in [0.25, 0.3) is 0 Å². The second kappa shape index (κ2) is 3.79. The Kier molecular flexibility index (Phi) is 2.74. The molecular formula is C14H18FNO2. The molecule has 1 aromatic rings. The van der Waals surface area contributed by atoms with E-state index in [9.17, 15) is 14.3 Å². The number of hydrogen-bond acceptors (Lipinski definition) is 2. The molecule has 1 N–H and O–H groups in total. The minimum absolute atomic E-state index is 0.315. The minimum Gasteiger partial charge on any atom is -0.377 e. The maximum atomic E-state index is 13.3. The third-order valence-corrected chi connectivity index (χ3v) is 3.74. The smallest absolute Gasteiger partial charge is 0.257 e. The predicted molar refractivity (Wildman–Crippen MR) is 66.3 cm³/mol. The van der Waals surface area contributed by atoms with Gasteiger partial charge in [-0.15, -0.1) is 0 Å². The van der Waals surface area contributed by atoms with Crippen molar-refractivity contribution < 1.29 is 14.3 Å². The van der Waals surface area contributed by atoms with Crippen LogP contribution in [0.1, 0.15) is 32.4 Å². The second-order valence-electron chi connectivity index (χ2n) is 5.89. The fourth-order valence-electron chi connectivity index (χ4n) is 2.59. The van der Waals surface area contributed by atoms with Gasteiger partial charge in [0.2, 0.25) is 0 Å². The Morgan fingerprint density at radius 3 is 2.50 bits per heavy atom. The first-order valence-electron chi connectivity index (χ1n) is 5.94. The standard InChI is InChI=1S/C14H18FNO2/c1-13(2,3)14(18)11(16(4)12(14)17)9-6-5-7-10(15)8-9/h5-8,11,18H,1-4H3. The summed E-state index contributed by atoms with van der Waals surface area (Å²) in [4.78, 5) is 13.4. The lowest BCUT2D eigenvalue weighted by atomic mass is 9.63. The van der Waals surface area contributed by atoms with Gasteiger partial charge >= 0.3 is 0 Å². The quantitative estimate of drug-likeness (QED) is 0.777. The van der Waals surface area contributed by atoms with Crippen molar-refractivity contribution in [2.24, 2.45) is 5.41 Å². The molecule has 2 rings (SSSR count). The average Bonchev–Trinajstić information content (AvgIpc) is 2.27. The van der Waals surface area contributed by atoms with Gasteiger partial charge in [0, 0.05) is 12.5 Å². The Morgan fingerprint density at radius 1 is 1.39 bits per heavy atom. The summed E-state index contributed by atoms with van der Waals surface area (Å²) in [5.41, 5.74) is -1.46. The predicted octanol–water partition coefficient (Wildman–Crippen LogP) is 2.12. The number of carbonyl (C=O) groups excluding carboxylic acids is 1. The number of hydrogen-bond donors (Lipinski definition) is 1. The molecule has 0 spiro atoms. The molecule has 1 aliphatic rings. The lowest BCUT2D eigenvalue weighted by molar-refractivity contribution is -0.212. The van der Waals surface area contributed by atoms with Crippen molar-refractivity contribution in [3.05, 3.63) is 35.6 Å². The van der Waals surface area contributed by atoms with Gasteiger partial charge in [-0.3, -0.25) is 4.79 Å². The Hall–Kier alpha value is -1.42. The molecule has 98 valence electrons. The van der Waals surface area contributed by atoms with Crippen molar-refractivity contribution in [2.75, 3.05) is 7.05 Å².